The second-order valence-corrected chi connectivity index (χ2v) is 6.30. The van der Waals surface area contributed by atoms with Crippen molar-refractivity contribution < 1.29 is 17.9 Å². The molecule has 2 aromatic carbocycles. The van der Waals surface area contributed by atoms with Crippen LogP contribution in [-0.2, 0) is 9.84 Å². The van der Waals surface area contributed by atoms with E-state index in [1.807, 2.05) is 6.92 Å². The molecule has 0 aliphatic rings. The average Bonchev–Trinajstić information content (AvgIpc) is 2.53. The molecule has 0 saturated heterocycles. The van der Waals surface area contributed by atoms with Crippen molar-refractivity contribution in [2.24, 2.45) is 0 Å². The Balaban J connectivity index is 2.35. The summed E-state index contributed by atoms with van der Waals surface area (Å²) < 4.78 is 34.6. The molecule has 2 aromatic rings. The van der Waals surface area contributed by atoms with Crippen LogP contribution in [0.4, 0.5) is 0 Å². The molecular weight excluding hydrogens is 300 g/mol. The van der Waals surface area contributed by atoms with Gasteiger partial charge < -0.3 is 9.47 Å². The van der Waals surface area contributed by atoms with Crippen molar-refractivity contribution in [3.8, 4) is 22.7 Å². The van der Waals surface area contributed by atoms with Gasteiger partial charge in [-0.05, 0) is 43.2 Å². The lowest BCUT2D eigenvalue weighted by molar-refractivity contribution is 0.355. The maximum atomic E-state index is 12.2. The number of hydrogen-bond acceptors (Lipinski definition) is 4. The molecule has 0 aliphatic carbocycles. The highest BCUT2D eigenvalue weighted by Gasteiger charge is 2.10. The number of benzene rings is 2. The summed E-state index contributed by atoms with van der Waals surface area (Å²) in [6.45, 7) is 1.89. The van der Waals surface area contributed by atoms with E-state index < -0.39 is 9.84 Å². The van der Waals surface area contributed by atoms with Gasteiger partial charge in [-0.1, -0.05) is 17.7 Å². The Labute approximate surface area is 130 Å². The molecule has 0 spiro atoms. The van der Waals surface area contributed by atoms with Crippen LogP contribution in [0.2, 0.25) is 0 Å². The van der Waals surface area contributed by atoms with Crippen LogP contribution in [0.25, 0.3) is 0 Å². The normalized spacial score (nSPS) is 10.5. The monoisotopic (exact) mass is 316 g/mol. The highest BCUT2D eigenvalue weighted by molar-refractivity contribution is 7.96. The zero-order valence-electron chi connectivity index (χ0n) is 12.6. The van der Waals surface area contributed by atoms with E-state index in [0.29, 0.717) is 17.1 Å². The molecule has 2 rings (SSSR count). The zero-order valence-corrected chi connectivity index (χ0v) is 13.4. The van der Waals surface area contributed by atoms with Gasteiger partial charge in [-0.25, -0.2) is 8.42 Å². The molecule has 22 heavy (non-hydrogen) atoms. The first-order chi connectivity index (χ1) is 10.5. The van der Waals surface area contributed by atoms with E-state index in [9.17, 15) is 8.42 Å². The Bertz CT molecular complexity index is 825. The van der Waals surface area contributed by atoms with Crippen LogP contribution < -0.4 is 9.47 Å². The maximum absolute atomic E-state index is 12.2. The SMILES string of the molecule is COc1ccc(C#CS(=O)(=O)c2ccc(C)cc2)cc1OC. The van der Waals surface area contributed by atoms with Gasteiger partial charge in [0.25, 0.3) is 0 Å². The van der Waals surface area contributed by atoms with Gasteiger partial charge in [0.15, 0.2) is 11.5 Å². The molecule has 0 atom stereocenters. The second kappa shape index (κ2) is 6.54. The Morgan fingerprint density at radius 3 is 2.14 bits per heavy atom. The highest BCUT2D eigenvalue weighted by Crippen LogP contribution is 2.27. The van der Waals surface area contributed by atoms with Crippen LogP contribution in [0.3, 0.4) is 0 Å². The van der Waals surface area contributed by atoms with E-state index in [-0.39, 0.29) is 4.90 Å². The smallest absolute Gasteiger partial charge is 0.245 e. The van der Waals surface area contributed by atoms with Crippen LogP contribution in [0.5, 0.6) is 11.5 Å². The molecule has 114 valence electrons. The van der Waals surface area contributed by atoms with Gasteiger partial charge in [0, 0.05) is 10.8 Å². The quantitative estimate of drug-likeness (QED) is 0.817. The predicted molar refractivity (Wildman–Crippen MR) is 84.8 cm³/mol. The Hall–Kier alpha value is -2.45. The summed E-state index contributed by atoms with van der Waals surface area (Å²) in [7, 11) is -0.599. The van der Waals surface area contributed by atoms with E-state index in [0.717, 1.165) is 5.56 Å². The molecule has 0 heterocycles. The van der Waals surface area contributed by atoms with Crippen molar-refractivity contribution in [3.63, 3.8) is 0 Å². The molecule has 0 bridgehead atoms. The summed E-state index contributed by atoms with van der Waals surface area (Å²) in [6, 6.07) is 11.6. The largest absolute Gasteiger partial charge is 0.493 e. The van der Waals surface area contributed by atoms with E-state index in [4.69, 9.17) is 9.47 Å². The molecular formula is C17H16O4S. The van der Waals surface area contributed by atoms with E-state index in [2.05, 4.69) is 11.2 Å². The summed E-state index contributed by atoms with van der Waals surface area (Å²) >= 11 is 0. The lowest BCUT2D eigenvalue weighted by Crippen LogP contribution is -1.97. The fourth-order valence-electron chi connectivity index (χ4n) is 1.82. The van der Waals surface area contributed by atoms with Crippen LogP contribution in [0.1, 0.15) is 11.1 Å². The van der Waals surface area contributed by atoms with Crippen LogP contribution >= 0.6 is 0 Å². The maximum Gasteiger partial charge on any atom is 0.245 e. The van der Waals surface area contributed by atoms with E-state index >= 15 is 0 Å². The fraction of sp³-hybridized carbons (Fsp3) is 0.176. The number of hydrogen-bond donors (Lipinski definition) is 0. The summed E-state index contributed by atoms with van der Waals surface area (Å²) in [5.74, 6) is 3.72. The van der Waals surface area contributed by atoms with Gasteiger partial charge in [0.05, 0.1) is 19.1 Å². The van der Waals surface area contributed by atoms with E-state index in [1.165, 1.54) is 14.2 Å². The molecule has 0 radical (unpaired) electrons. The molecule has 0 unspecified atom stereocenters. The lowest BCUT2D eigenvalue weighted by Gasteiger charge is -2.06. The molecule has 4 nitrogen and oxygen atoms in total. The third kappa shape index (κ3) is 3.60. The standard InChI is InChI=1S/C17H16O4S/c1-13-4-7-15(8-5-13)22(18,19)11-10-14-6-9-16(20-2)17(12-14)21-3/h4-9,12H,1-3H3. The minimum atomic E-state index is -3.64. The van der Waals surface area contributed by atoms with Gasteiger partial charge in [0.2, 0.25) is 9.84 Å². The van der Waals surface area contributed by atoms with Crippen LogP contribution in [-0.4, -0.2) is 22.6 Å². The number of ether oxygens (including phenoxy) is 2. The second-order valence-electron chi connectivity index (χ2n) is 4.61. The van der Waals surface area contributed by atoms with Crippen molar-refractivity contribution >= 4 is 9.84 Å². The third-order valence-corrected chi connectivity index (χ3v) is 4.31. The predicted octanol–water partition coefficient (Wildman–Crippen LogP) is 2.80. The summed E-state index contributed by atoms with van der Waals surface area (Å²) in [6.07, 6.45) is 0. The number of sulfone groups is 1. The summed E-state index contributed by atoms with van der Waals surface area (Å²) in [5, 5.41) is 2.33. The number of aryl methyl sites for hydroxylation is 1. The van der Waals surface area contributed by atoms with E-state index in [1.54, 1.807) is 42.5 Å². The van der Waals surface area contributed by atoms with Gasteiger partial charge >= 0.3 is 0 Å². The first kappa shape index (κ1) is 15.9. The van der Waals surface area contributed by atoms with Crippen LogP contribution in [0, 0.1) is 18.1 Å². The van der Waals surface area contributed by atoms with Gasteiger partial charge in [-0.2, -0.15) is 0 Å². The molecule has 0 N–H and O–H groups in total. The van der Waals surface area contributed by atoms with Gasteiger partial charge in [-0.3, -0.25) is 0 Å². The minimum Gasteiger partial charge on any atom is -0.493 e. The van der Waals surface area contributed by atoms with Crippen molar-refractivity contribution in [1.82, 2.24) is 0 Å². The Morgan fingerprint density at radius 2 is 1.55 bits per heavy atom. The third-order valence-electron chi connectivity index (χ3n) is 3.04. The summed E-state index contributed by atoms with van der Waals surface area (Å²) in [5.41, 5.74) is 1.53. The Morgan fingerprint density at radius 1 is 0.909 bits per heavy atom. The first-order valence-electron chi connectivity index (χ1n) is 6.53. The molecule has 0 fully saturated rings. The minimum absolute atomic E-state index is 0.186. The molecule has 5 heteroatoms. The van der Waals surface area contributed by atoms with Crippen molar-refractivity contribution in [3.05, 3.63) is 53.6 Å². The molecule has 0 aromatic heterocycles. The number of methoxy groups -OCH3 is 2. The van der Waals surface area contributed by atoms with Gasteiger partial charge in [-0.15, -0.1) is 0 Å². The van der Waals surface area contributed by atoms with Crippen LogP contribution in [0.15, 0.2) is 47.4 Å². The zero-order chi connectivity index (χ0) is 16.2. The topological polar surface area (TPSA) is 52.6 Å². The fourth-order valence-corrected chi connectivity index (χ4v) is 2.68. The van der Waals surface area contributed by atoms with Gasteiger partial charge in [0.1, 0.15) is 0 Å². The molecule has 0 amide bonds. The van der Waals surface area contributed by atoms with Crippen molar-refractivity contribution in [2.45, 2.75) is 11.8 Å². The molecule has 0 aliphatic heterocycles. The summed E-state index contributed by atoms with van der Waals surface area (Å²) in [4.78, 5) is 0.186. The average molecular weight is 316 g/mol. The molecule has 0 saturated carbocycles. The Kier molecular flexibility index (Phi) is 4.74. The number of rotatable bonds is 3. The van der Waals surface area contributed by atoms with Crippen molar-refractivity contribution in [1.29, 1.82) is 0 Å². The first-order valence-corrected chi connectivity index (χ1v) is 8.01. The highest BCUT2D eigenvalue weighted by atomic mass is 32.2. The van der Waals surface area contributed by atoms with Crippen molar-refractivity contribution in [2.75, 3.05) is 14.2 Å². The lowest BCUT2D eigenvalue weighted by atomic mass is 10.2.